The molecule has 5 nitrogen and oxygen atoms in total. The van der Waals surface area contributed by atoms with Crippen molar-refractivity contribution < 1.29 is 14.6 Å². The minimum Gasteiger partial charge on any atom is -0.489 e. The van der Waals surface area contributed by atoms with Crippen molar-refractivity contribution in [3.05, 3.63) is 59.4 Å². The van der Waals surface area contributed by atoms with Gasteiger partial charge in [0.15, 0.2) is 11.4 Å². The molecule has 0 bridgehead atoms. The number of hydrogen-bond donors (Lipinski definition) is 2. The van der Waals surface area contributed by atoms with Gasteiger partial charge < -0.3 is 15.2 Å². The van der Waals surface area contributed by atoms with Crippen molar-refractivity contribution in [3.8, 4) is 5.75 Å². The van der Waals surface area contributed by atoms with Gasteiger partial charge >= 0.3 is 0 Å². The Hall–Kier alpha value is -2.40. The van der Waals surface area contributed by atoms with Gasteiger partial charge in [0.25, 0.3) is 5.91 Å². The fraction of sp³-hybridized carbons (Fsp3) is 0.333. The third kappa shape index (κ3) is 4.53. The number of rotatable bonds is 6. The van der Waals surface area contributed by atoms with Crippen LogP contribution in [0, 0.1) is 6.92 Å². The monoisotopic (exact) mass is 314 g/mol. The molecular formula is C18H22N2O3. The number of benzene rings is 1. The van der Waals surface area contributed by atoms with Crippen LogP contribution in [-0.4, -0.2) is 28.6 Å². The van der Waals surface area contributed by atoms with Crippen LogP contribution in [0.15, 0.2) is 42.6 Å². The molecule has 122 valence electrons. The molecule has 5 heteroatoms. The summed E-state index contributed by atoms with van der Waals surface area (Å²) in [6.45, 7) is 5.81. The van der Waals surface area contributed by atoms with Crippen molar-refractivity contribution >= 4 is 5.91 Å². The molecule has 1 unspecified atom stereocenters. The fourth-order valence-electron chi connectivity index (χ4n) is 2.25. The first-order valence-electron chi connectivity index (χ1n) is 7.62. The number of aromatic nitrogens is 1. The number of carbonyl (C=O) groups is 1. The van der Waals surface area contributed by atoms with Crippen LogP contribution in [0.1, 0.15) is 41.6 Å². The predicted molar refractivity (Wildman–Crippen MR) is 88.5 cm³/mol. The molecule has 1 aromatic heterocycles. The summed E-state index contributed by atoms with van der Waals surface area (Å²) in [4.78, 5) is 16.4. The zero-order chi connectivity index (χ0) is 16.8. The number of hydrogen-bond acceptors (Lipinski definition) is 4. The van der Waals surface area contributed by atoms with Crippen molar-refractivity contribution in [2.24, 2.45) is 0 Å². The normalized spacial score (nSPS) is 12.0. The van der Waals surface area contributed by atoms with E-state index in [0.717, 1.165) is 11.1 Å². The average molecular weight is 314 g/mol. The lowest BCUT2D eigenvalue weighted by molar-refractivity contribution is 0.0904. The van der Waals surface area contributed by atoms with Crippen molar-refractivity contribution in [2.45, 2.75) is 33.0 Å². The van der Waals surface area contributed by atoms with Gasteiger partial charge in [0.1, 0.15) is 0 Å². The Bertz CT molecular complexity index is 671. The molecule has 0 radical (unpaired) electrons. The lowest BCUT2D eigenvalue weighted by Crippen LogP contribution is -2.30. The Labute approximate surface area is 136 Å². The van der Waals surface area contributed by atoms with Gasteiger partial charge in [0.2, 0.25) is 0 Å². The number of nitrogens with zero attached hydrogens (tertiary/aromatic N) is 1. The summed E-state index contributed by atoms with van der Waals surface area (Å²) in [6.07, 6.45) is 0.724. The topological polar surface area (TPSA) is 71.5 Å². The second kappa shape index (κ2) is 7.74. The number of amides is 1. The highest BCUT2D eigenvalue weighted by molar-refractivity contribution is 5.94. The number of nitrogens with one attached hydrogen (secondary N) is 1. The van der Waals surface area contributed by atoms with E-state index in [-0.39, 0.29) is 24.2 Å². The van der Waals surface area contributed by atoms with Crippen molar-refractivity contribution in [3.63, 3.8) is 0 Å². The second-order valence-corrected chi connectivity index (χ2v) is 5.60. The molecule has 0 saturated carbocycles. The summed E-state index contributed by atoms with van der Waals surface area (Å²) < 4.78 is 5.59. The molecule has 1 heterocycles. The van der Waals surface area contributed by atoms with Crippen LogP contribution in [-0.2, 0) is 0 Å². The van der Waals surface area contributed by atoms with E-state index in [1.807, 2.05) is 45.0 Å². The van der Waals surface area contributed by atoms with Crippen LogP contribution in [0.2, 0.25) is 0 Å². The van der Waals surface area contributed by atoms with E-state index in [1.165, 1.54) is 0 Å². The molecule has 2 N–H and O–H groups in total. The van der Waals surface area contributed by atoms with E-state index >= 15 is 0 Å². The summed E-state index contributed by atoms with van der Waals surface area (Å²) >= 11 is 0. The first kappa shape index (κ1) is 17.0. The fourth-order valence-corrected chi connectivity index (χ4v) is 2.25. The van der Waals surface area contributed by atoms with E-state index in [9.17, 15) is 9.90 Å². The predicted octanol–water partition coefficient (Wildman–Crippen LogP) is 2.64. The van der Waals surface area contributed by atoms with E-state index < -0.39 is 6.10 Å². The minimum atomic E-state index is -0.765. The Balaban J connectivity index is 2.04. The summed E-state index contributed by atoms with van der Waals surface area (Å²) in [7, 11) is 0. The largest absolute Gasteiger partial charge is 0.489 e. The molecule has 0 aliphatic carbocycles. The number of aliphatic hydroxyl groups is 1. The molecule has 0 spiro atoms. The van der Waals surface area contributed by atoms with Gasteiger partial charge in [0, 0.05) is 12.7 Å². The summed E-state index contributed by atoms with van der Waals surface area (Å²) in [5.41, 5.74) is 2.00. The third-order valence-electron chi connectivity index (χ3n) is 3.35. The molecule has 1 aromatic carbocycles. The molecule has 1 atom stereocenters. The van der Waals surface area contributed by atoms with Crippen molar-refractivity contribution in [2.75, 3.05) is 6.54 Å². The van der Waals surface area contributed by atoms with Gasteiger partial charge in [0.05, 0.1) is 12.2 Å². The Morgan fingerprint density at radius 2 is 2.00 bits per heavy atom. The number of carbonyl (C=O) groups excluding carboxylic acids is 1. The molecule has 0 fully saturated rings. The highest BCUT2D eigenvalue weighted by atomic mass is 16.5. The average Bonchev–Trinajstić information content (AvgIpc) is 2.52. The first-order chi connectivity index (χ1) is 11.0. The molecular weight excluding hydrogens is 292 g/mol. The lowest BCUT2D eigenvalue weighted by atomic mass is 10.0. The van der Waals surface area contributed by atoms with E-state index in [1.54, 1.807) is 18.3 Å². The molecule has 23 heavy (non-hydrogen) atoms. The maximum Gasteiger partial charge on any atom is 0.273 e. The highest BCUT2D eigenvalue weighted by Crippen LogP contribution is 2.18. The zero-order valence-electron chi connectivity index (χ0n) is 13.6. The SMILES string of the molecule is Cc1ccccc1C(O)CNC(=O)c1ncccc1OC(C)C. The van der Waals surface area contributed by atoms with Crippen molar-refractivity contribution in [1.82, 2.24) is 10.3 Å². The van der Waals surface area contributed by atoms with Gasteiger partial charge in [-0.3, -0.25) is 4.79 Å². The van der Waals surface area contributed by atoms with Crippen LogP contribution in [0.4, 0.5) is 0 Å². The maximum absolute atomic E-state index is 12.3. The Morgan fingerprint density at radius 3 is 2.70 bits per heavy atom. The quantitative estimate of drug-likeness (QED) is 0.860. The summed E-state index contributed by atoms with van der Waals surface area (Å²) in [6, 6.07) is 11.0. The van der Waals surface area contributed by atoms with Gasteiger partial charge in [-0.05, 0) is 44.0 Å². The lowest BCUT2D eigenvalue weighted by Gasteiger charge is -2.16. The smallest absolute Gasteiger partial charge is 0.273 e. The summed E-state index contributed by atoms with van der Waals surface area (Å²) in [5.74, 6) is 0.0688. The maximum atomic E-state index is 12.3. The van der Waals surface area contributed by atoms with E-state index in [2.05, 4.69) is 10.3 Å². The van der Waals surface area contributed by atoms with Crippen LogP contribution < -0.4 is 10.1 Å². The molecule has 2 rings (SSSR count). The minimum absolute atomic E-state index is 0.0525. The van der Waals surface area contributed by atoms with Crippen molar-refractivity contribution in [1.29, 1.82) is 0 Å². The van der Waals surface area contributed by atoms with Gasteiger partial charge in [-0.1, -0.05) is 24.3 Å². The number of pyridine rings is 1. The molecule has 0 saturated heterocycles. The van der Waals surface area contributed by atoms with E-state index in [4.69, 9.17) is 4.74 Å². The van der Waals surface area contributed by atoms with E-state index in [0.29, 0.717) is 5.75 Å². The first-order valence-corrected chi connectivity index (χ1v) is 7.62. The standard InChI is InChI=1S/C18H22N2O3/c1-12(2)23-16-9-6-10-19-17(16)18(22)20-11-15(21)14-8-5-4-7-13(14)3/h4-10,12,15,21H,11H2,1-3H3,(H,20,22). The molecule has 1 amide bonds. The van der Waals surface area contributed by atoms with Gasteiger partial charge in [-0.15, -0.1) is 0 Å². The van der Waals surface area contributed by atoms with Crippen LogP contribution in [0.25, 0.3) is 0 Å². The van der Waals surface area contributed by atoms with Crippen LogP contribution in [0.5, 0.6) is 5.75 Å². The number of ether oxygens (including phenoxy) is 1. The number of aliphatic hydroxyl groups excluding tert-OH is 1. The highest BCUT2D eigenvalue weighted by Gasteiger charge is 2.17. The number of aryl methyl sites for hydroxylation is 1. The molecule has 2 aromatic rings. The Kier molecular flexibility index (Phi) is 5.71. The Morgan fingerprint density at radius 1 is 1.26 bits per heavy atom. The van der Waals surface area contributed by atoms with Gasteiger partial charge in [-0.25, -0.2) is 4.98 Å². The third-order valence-corrected chi connectivity index (χ3v) is 3.35. The molecule has 0 aliphatic heterocycles. The second-order valence-electron chi connectivity index (χ2n) is 5.60. The molecule has 0 aliphatic rings. The zero-order valence-corrected chi connectivity index (χ0v) is 13.6. The summed E-state index contributed by atoms with van der Waals surface area (Å²) in [5, 5.41) is 13.0. The van der Waals surface area contributed by atoms with Crippen LogP contribution in [0.3, 0.4) is 0 Å². The van der Waals surface area contributed by atoms with Gasteiger partial charge in [-0.2, -0.15) is 0 Å². The van der Waals surface area contributed by atoms with Crippen LogP contribution >= 0.6 is 0 Å².